The maximum Gasteiger partial charge on any atom is 0.0647 e. The lowest BCUT2D eigenvalue weighted by molar-refractivity contribution is 0.492. The highest BCUT2D eigenvalue weighted by atomic mass is 14.6. The van der Waals surface area contributed by atoms with E-state index in [0.717, 1.165) is 28.7 Å². The lowest BCUT2D eigenvalue weighted by Crippen LogP contribution is -2.30. The number of hydrogen-bond donors (Lipinski definition) is 0. The summed E-state index contributed by atoms with van der Waals surface area (Å²) in [5, 5.41) is 0. The Hall–Kier alpha value is -3.30. The van der Waals surface area contributed by atoms with Crippen LogP contribution in [-0.4, -0.2) is 0 Å². The summed E-state index contributed by atoms with van der Waals surface area (Å²) in [4.78, 5) is 0. The first-order valence-corrected chi connectivity index (χ1v) is 11.0. The summed E-state index contributed by atoms with van der Waals surface area (Å²) < 4.78 is 0. The van der Waals surface area contributed by atoms with E-state index in [4.69, 9.17) is 0 Å². The van der Waals surface area contributed by atoms with Crippen molar-refractivity contribution in [2.45, 2.75) is 34.1 Å². The highest BCUT2D eigenvalue weighted by Gasteiger charge is 2.56. The molecule has 0 saturated carbocycles. The van der Waals surface area contributed by atoms with Gasteiger partial charge < -0.3 is 0 Å². The standard InChI is InChI=1S/C29H28.C2H6/c1-7-17-26-22(10-4)21(9-3)25(12-6)29(26)27(18-8-2)23(11-5)24-19-15-13-14-16-20-28(24)29;1-2/h7-13,15,17-19,28H,3-6,14H2,1-2H3;1-2H3/b15-13-,17-7-,18-8-,24-19-;. The second-order valence-corrected chi connectivity index (χ2v) is 7.11. The molecule has 0 saturated heterocycles. The number of fused-ring (bicyclic) bond motifs is 2. The van der Waals surface area contributed by atoms with Gasteiger partial charge in [0.05, 0.1) is 11.3 Å². The Labute approximate surface area is 189 Å². The van der Waals surface area contributed by atoms with Gasteiger partial charge in [0.15, 0.2) is 0 Å². The van der Waals surface area contributed by atoms with E-state index in [1.807, 2.05) is 45.1 Å². The third-order valence-electron chi connectivity index (χ3n) is 5.85. The molecule has 2 atom stereocenters. The molecule has 0 fully saturated rings. The fourth-order valence-corrected chi connectivity index (χ4v) is 4.92. The molecule has 0 aromatic heterocycles. The van der Waals surface area contributed by atoms with Crippen molar-refractivity contribution in [1.29, 1.82) is 0 Å². The van der Waals surface area contributed by atoms with Gasteiger partial charge in [-0.3, -0.25) is 0 Å². The Morgan fingerprint density at radius 2 is 1.39 bits per heavy atom. The molecule has 0 aromatic rings. The molecule has 158 valence electrons. The second-order valence-electron chi connectivity index (χ2n) is 7.11. The van der Waals surface area contributed by atoms with Crippen molar-refractivity contribution in [3.8, 4) is 11.8 Å². The van der Waals surface area contributed by atoms with Gasteiger partial charge in [-0.25, -0.2) is 0 Å². The lowest BCUT2D eigenvalue weighted by atomic mass is 9.64. The smallest absolute Gasteiger partial charge is 0.0647 e. The lowest BCUT2D eigenvalue weighted by Gasteiger charge is -2.36. The normalized spacial score (nSPS) is 27.1. The Balaban J connectivity index is 0.00000166. The van der Waals surface area contributed by atoms with E-state index >= 15 is 0 Å². The molecule has 0 amide bonds. The van der Waals surface area contributed by atoms with Crippen molar-refractivity contribution in [2.75, 3.05) is 0 Å². The third-order valence-corrected chi connectivity index (χ3v) is 5.85. The molecule has 0 aliphatic heterocycles. The van der Waals surface area contributed by atoms with E-state index < -0.39 is 5.41 Å². The average molecular weight is 407 g/mol. The molecule has 3 aliphatic carbocycles. The predicted molar refractivity (Wildman–Crippen MR) is 138 cm³/mol. The van der Waals surface area contributed by atoms with Crippen molar-refractivity contribution in [1.82, 2.24) is 0 Å². The van der Waals surface area contributed by atoms with E-state index in [2.05, 4.69) is 87.6 Å². The van der Waals surface area contributed by atoms with Gasteiger partial charge in [0.1, 0.15) is 0 Å². The molecule has 3 aliphatic rings. The van der Waals surface area contributed by atoms with E-state index in [0.29, 0.717) is 0 Å². The van der Waals surface area contributed by atoms with Crippen LogP contribution in [0.1, 0.15) is 34.1 Å². The van der Waals surface area contributed by atoms with Crippen molar-refractivity contribution < 1.29 is 0 Å². The number of rotatable bonds is 6. The molecule has 1 spiro atoms. The molecule has 31 heavy (non-hydrogen) atoms. The molecular weight excluding hydrogens is 372 g/mol. The molecule has 2 unspecified atom stereocenters. The summed E-state index contributed by atoms with van der Waals surface area (Å²) in [6, 6.07) is 0. The molecule has 3 rings (SSSR count). The molecule has 0 bridgehead atoms. The van der Waals surface area contributed by atoms with Crippen LogP contribution in [0.2, 0.25) is 0 Å². The maximum absolute atomic E-state index is 4.20. The predicted octanol–water partition coefficient (Wildman–Crippen LogP) is 8.32. The molecular formula is C31H34. The van der Waals surface area contributed by atoms with Crippen LogP contribution in [-0.2, 0) is 0 Å². The van der Waals surface area contributed by atoms with Crippen LogP contribution in [0.15, 0.2) is 132 Å². The van der Waals surface area contributed by atoms with Crippen LogP contribution < -0.4 is 0 Å². The molecule has 0 heterocycles. The minimum Gasteiger partial charge on any atom is -0.0987 e. The van der Waals surface area contributed by atoms with Gasteiger partial charge >= 0.3 is 0 Å². The first-order chi connectivity index (χ1) is 15.2. The molecule has 0 heteroatoms. The third kappa shape index (κ3) is 3.55. The summed E-state index contributed by atoms with van der Waals surface area (Å²) in [5.41, 5.74) is 7.59. The molecule has 0 nitrogen and oxygen atoms in total. The summed E-state index contributed by atoms with van der Waals surface area (Å²) in [7, 11) is 0. The summed E-state index contributed by atoms with van der Waals surface area (Å²) in [6.07, 6.45) is 23.5. The van der Waals surface area contributed by atoms with E-state index in [1.54, 1.807) is 0 Å². The van der Waals surface area contributed by atoms with Crippen LogP contribution in [0.25, 0.3) is 0 Å². The van der Waals surface area contributed by atoms with Crippen molar-refractivity contribution in [2.24, 2.45) is 11.3 Å². The van der Waals surface area contributed by atoms with Gasteiger partial charge in [-0.15, -0.1) is 0 Å². The van der Waals surface area contributed by atoms with Crippen LogP contribution in [0, 0.1) is 23.2 Å². The average Bonchev–Trinajstić information content (AvgIpc) is 3.18. The minimum absolute atomic E-state index is 0.0294. The second kappa shape index (κ2) is 10.6. The van der Waals surface area contributed by atoms with Crippen LogP contribution in [0.3, 0.4) is 0 Å². The fraction of sp³-hybridized carbons (Fsp3) is 0.226. The molecule has 0 radical (unpaired) electrons. The number of allylic oxidation sites excluding steroid dienone is 18. The first-order valence-electron chi connectivity index (χ1n) is 11.0. The Kier molecular flexibility index (Phi) is 8.23. The van der Waals surface area contributed by atoms with Gasteiger partial charge in [0.25, 0.3) is 0 Å². The van der Waals surface area contributed by atoms with Gasteiger partial charge in [0, 0.05) is 6.42 Å². The Morgan fingerprint density at radius 3 is 1.90 bits per heavy atom. The van der Waals surface area contributed by atoms with E-state index in [-0.39, 0.29) is 5.92 Å². The topological polar surface area (TPSA) is 0 Å². The zero-order valence-corrected chi connectivity index (χ0v) is 19.5. The van der Waals surface area contributed by atoms with E-state index in [9.17, 15) is 0 Å². The zero-order valence-electron chi connectivity index (χ0n) is 19.5. The van der Waals surface area contributed by atoms with E-state index in [1.165, 1.54) is 16.7 Å². The summed E-state index contributed by atoms with van der Waals surface area (Å²) in [5.74, 6) is 6.94. The Morgan fingerprint density at radius 1 is 0.839 bits per heavy atom. The zero-order chi connectivity index (χ0) is 23.0. The van der Waals surface area contributed by atoms with Gasteiger partial charge in [-0.1, -0.05) is 119 Å². The van der Waals surface area contributed by atoms with Crippen LogP contribution in [0.4, 0.5) is 0 Å². The first kappa shape index (κ1) is 24.0. The van der Waals surface area contributed by atoms with Crippen molar-refractivity contribution >= 4 is 0 Å². The quantitative estimate of drug-likeness (QED) is 0.389. The largest absolute Gasteiger partial charge is 0.0987 e. The van der Waals surface area contributed by atoms with Crippen molar-refractivity contribution in [3.05, 3.63) is 132 Å². The maximum atomic E-state index is 4.20. The Bertz CT molecular complexity index is 1060. The van der Waals surface area contributed by atoms with Gasteiger partial charge in [0.2, 0.25) is 0 Å². The molecule has 0 N–H and O–H groups in total. The van der Waals surface area contributed by atoms with Gasteiger partial charge in [-0.2, -0.15) is 0 Å². The summed E-state index contributed by atoms with van der Waals surface area (Å²) >= 11 is 0. The minimum atomic E-state index is -0.457. The highest BCUT2D eigenvalue weighted by Crippen LogP contribution is 2.65. The fourth-order valence-electron chi connectivity index (χ4n) is 4.92. The summed E-state index contributed by atoms with van der Waals surface area (Å²) in [6.45, 7) is 24.7. The van der Waals surface area contributed by atoms with Gasteiger partial charge in [-0.05, 0) is 52.9 Å². The highest BCUT2D eigenvalue weighted by molar-refractivity contribution is 5.78. The molecule has 0 aromatic carbocycles. The van der Waals surface area contributed by atoms with Crippen LogP contribution in [0.5, 0.6) is 0 Å². The SMILES string of the molecule is C=CC1=C(C=C)C2(C(/C=C\C)=C1C=C)C(/C=C\C)=C(C=C)/C1=C/C=C\CC#CC12.CC. The van der Waals surface area contributed by atoms with Crippen molar-refractivity contribution in [3.63, 3.8) is 0 Å². The number of hydrogen-bond acceptors (Lipinski definition) is 0. The van der Waals surface area contributed by atoms with Crippen LogP contribution >= 0.6 is 0 Å². The monoisotopic (exact) mass is 406 g/mol.